The number of methoxy groups -OCH3 is 1. The van der Waals surface area contributed by atoms with E-state index < -0.39 is 0 Å². The number of anilines is 1. The number of thiazole rings is 1. The molecule has 0 radical (unpaired) electrons. The number of aryl methyl sites for hydroxylation is 1. The number of nitrogens with zero attached hydrogens (tertiary/aromatic N) is 1. The molecule has 1 aromatic heterocycles. The Morgan fingerprint density at radius 2 is 2.04 bits per heavy atom. The van der Waals surface area contributed by atoms with E-state index in [1.165, 1.54) is 17.3 Å². The van der Waals surface area contributed by atoms with Crippen molar-refractivity contribution in [2.45, 2.75) is 11.3 Å². The lowest BCUT2D eigenvalue weighted by molar-refractivity contribution is -0.113. The molecule has 4 nitrogen and oxygen atoms in total. The molecule has 1 amide bonds. The monoisotopic (exact) mass is 370 g/mol. The Kier molecular flexibility index (Phi) is 5.73. The van der Waals surface area contributed by atoms with Crippen LogP contribution in [0.25, 0.3) is 11.3 Å². The molecular weight excluding hydrogens is 352 g/mol. The van der Waals surface area contributed by atoms with E-state index >= 15 is 0 Å². The molecule has 0 atom stereocenters. The highest BCUT2D eigenvalue weighted by molar-refractivity contribution is 8.01. The van der Waals surface area contributed by atoms with Crippen LogP contribution in [0.2, 0.25) is 0 Å². The van der Waals surface area contributed by atoms with E-state index in [0.29, 0.717) is 11.5 Å². The summed E-state index contributed by atoms with van der Waals surface area (Å²) in [6.45, 7) is 2.06. The molecule has 2 aromatic carbocycles. The largest absolute Gasteiger partial charge is 0.497 e. The maximum Gasteiger partial charge on any atom is 0.234 e. The van der Waals surface area contributed by atoms with E-state index in [2.05, 4.69) is 41.5 Å². The Morgan fingerprint density at radius 3 is 2.80 bits per heavy atom. The van der Waals surface area contributed by atoms with Gasteiger partial charge in [0.1, 0.15) is 5.75 Å². The average molecular weight is 370 g/mol. The number of hydrogen-bond acceptors (Lipinski definition) is 5. The van der Waals surface area contributed by atoms with Gasteiger partial charge in [-0.15, -0.1) is 11.3 Å². The van der Waals surface area contributed by atoms with Crippen LogP contribution in [0.5, 0.6) is 5.75 Å². The molecule has 1 N–H and O–H groups in total. The predicted molar refractivity (Wildman–Crippen MR) is 105 cm³/mol. The van der Waals surface area contributed by atoms with Crippen molar-refractivity contribution in [2.24, 2.45) is 0 Å². The summed E-state index contributed by atoms with van der Waals surface area (Å²) >= 11 is 3.00. The lowest BCUT2D eigenvalue weighted by atomic mass is 10.1. The number of thioether (sulfide) groups is 1. The molecule has 25 heavy (non-hydrogen) atoms. The zero-order valence-corrected chi connectivity index (χ0v) is 15.6. The van der Waals surface area contributed by atoms with Gasteiger partial charge in [0, 0.05) is 22.7 Å². The number of ether oxygens (including phenoxy) is 1. The summed E-state index contributed by atoms with van der Waals surface area (Å²) in [6.07, 6.45) is 0. The van der Waals surface area contributed by atoms with Gasteiger partial charge < -0.3 is 10.1 Å². The summed E-state index contributed by atoms with van der Waals surface area (Å²) in [5.74, 6) is 0.969. The van der Waals surface area contributed by atoms with Crippen molar-refractivity contribution in [2.75, 3.05) is 18.2 Å². The van der Waals surface area contributed by atoms with Crippen LogP contribution in [-0.4, -0.2) is 23.8 Å². The molecule has 1 heterocycles. The van der Waals surface area contributed by atoms with E-state index in [0.717, 1.165) is 21.3 Å². The minimum atomic E-state index is -0.0645. The fraction of sp³-hybridized carbons (Fsp3) is 0.158. The standard InChI is InChI=1S/C19H18N2O2S2/c1-13-6-8-14(9-7-13)17-11-24-19(21-17)25-12-18(22)20-15-4-3-5-16(10-15)23-2/h3-11H,12H2,1-2H3,(H,20,22). The molecule has 0 fully saturated rings. The molecule has 0 aliphatic heterocycles. The number of benzene rings is 2. The normalized spacial score (nSPS) is 10.5. The number of amides is 1. The lowest BCUT2D eigenvalue weighted by Gasteiger charge is -2.06. The summed E-state index contributed by atoms with van der Waals surface area (Å²) in [7, 11) is 1.60. The highest BCUT2D eigenvalue weighted by Gasteiger charge is 2.09. The van der Waals surface area contributed by atoms with Crippen LogP contribution in [0.15, 0.2) is 58.3 Å². The van der Waals surface area contributed by atoms with Crippen molar-refractivity contribution < 1.29 is 9.53 Å². The zero-order valence-electron chi connectivity index (χ0n) is 14.0. The quantitative estimate of drug-likeness (QED) is 0.630. The van der Waals surface area contributed by atoms with Gasteiger partial charge in [0.15, 0.2) is 4.34 Å². The fourth-order valence-electron chi connectivity index (χ4n) is 2.21. The van der Waals surface area contributed by atoms with E-state index in [1.54, 1.807) is 24.5 Å². The van der Waals surface area contributed by atoms with Crippen molar-refractivity contribution in [3.63, 3.8) is 0 Å². The summed E-state index contributed by atoms with van der Waals surface area (Å²) < 4.78 is 6.04. The van der Waals surface area contributed by atoms with Crippen LogP contribution < -0.4 is 10.1 Å². The minimum absolute atomic E-state index is 0.0645. The second kappa shape index (κ2) is 8.18. The minimum Gasteiger partial charge on any atom is -0.497 e. The average Bonchev–Trinajstić information content (AvgIpc) is 3.10. The number of carbonyl (C=O) groups is 1. The second-order valence-corrected chi connectivity index (χ2v) is 7.51. The molecule has 0 unspecified atom stereocenters. The number of nitrogens with one attached hydrogen (secondary N) is 1. The molecule has 0 saturated heterocycles. The van der Waals surface area contributed by atoms with Crippen molar-refractivity contribution in [1.29, 1.82) is 0 Å². The highest BCUT2D eigenvalue weighted by atomic mass is 32.2. The van der Waals surface area contributed by atoms with Crippen molar-refractivity contribution >= 4 is 34.7 Å². The lowest BCUT2D eigenvalue weighted by Crippen LogP contribution is -2.13. The van der Waals surface area contributed by atoms with Gasteiger partial charge in [-0.1, -0.05) is 47.7 Å². The van der Waals surface area contributed by atoms with Crippen molar-refractivity contribution in [1.82, 2.24) is 4.98 Å². The highest BCUT2D eigenvalue weighted by Crippen LogP contribution is 2.28. The Labute approximate surface area is 155 Å². The Balaban J connectivity index is 1.56. The van der Waals surface area contributed by atoms with Gasteiger partial charge in [-0.25, -0.2) is 4.98 Å². The van der Waals surface area contributed by atoms with Gasteiger partial charge in [0.05, 0.1) is 18.6 Å². The van der Waals surface area contributed by atoms with Gasteiger partial charge in [0.2, 0.25) is 5.91 Å². The first kappa shape index (κ1) is 17.5. The fourth-order valence-corrected chi connectivity index (χ4v) is 3.84. The SMILES string of the molecule is COc1cccc(NC(=O)CSc2nc(-c3ccc(C)cc3)cs2)c1. The van der Waals surface area contributed by atoms with E-state index in [9.17, 15) is 4.79 Å². The maximum atomic E-state index is 12.1. The molecule has 0 spiro atoms. The third-order valence-electron chi connectivity index (χ3n) is 3.51. The van der Waals surface area contributed by atoms with Crippen LogP contribution >= 0.6 is 23.1 Å². The van der Waals surface area contributed by atoms with Crippen LogP contribution in [0.3, 0.4) is 0 Å². The van der Waals surface area contributed by atoms with Crippen LogP contribution in [-0.2, 0) is 4.79 Å². The van der Waals surface area contributed by atoms with Gasteiger partial charge in [-0.2, -0.15) is 0 Å². The molecule has 0 aliphatic rings. The number of carbonyl (C=O) groups excluding carboxylic acids is 1. The molecule has 0 aliphatic carbocycles. The molecular formula is C19H18N2O2S2. The topological polar surface area (TPSA) is 51.2 Å². The Morgan fingerprint density at radius 1 is 1.24 bits per heavy atom. The molecule has 6 heteroatoms. The molecule has 0 saturated carbocycles. The van der Waals surface area contributed by atoms with Gasteiger partial charge >= 0.3 is 0 Å². The summed E-state index contributed by atoms with van der Waals surface area (Å²) in [4.78, 5) is 16.7. The zero-order chi connectivity index (χ0) is 17.6. The van der Waals surface area contributed by atoms with Crippen molar-refractivity contribution in [3.8, 4) is 17.0 Å². The molecule has 3 aromatic rings. The maximum absolute atomic E-state index is 12.1. The van der Waals surface area contributed by atoms with Gasteiger partial charge in [-0.05, 0) is 19.1 Å². The van der Waals surface area contributed by atoms with Crippen LogP contribution in [0.1, 0.15) is 5.56 Å². The van der Waals surface area contributed by atoms with Crippen LogP contribution in [0, 0.1) is 6.92 Å². The predicted octanol–water partition coefficient (Wildman–Crippen LogP) is 4.86. The summed E-state index contributed by atoms with van der Waals surface area (Å²) in [5.41, 5.74) is 3.99. The first-order chi connectivity index (χ1) is 12.1. The smallest absolute Gasteiger partial charge is 0.234 e. The first-order valence-electron chi connectivity index (χ1n) is 7.73. The Bertz CT molecular complexity index is 860. The van der Waals surface area contributed by atoms with E-state index in [-0.39, 0.29) is 5.91 Å². The number of aromatic nitrogens is 1. The Hall–Kier alpha value is -2.31. The molecule has 3 rings (SSSR count). The number of rotatable bonds is 6. The van der Waals surface area contributed by atoms with Crippen molar-refractivity contribution in [3.05, 3.63) is 59.5 Å². The van der Waals surface area contributed by atoms with Crippen LogP contribution in [0.4, 0.5) is 5.69 Å². The molecule has 0 bridgehead atoms. The summed E-state index contributed by atoms with van der Waals surface area (Å²) in [6, 6.07) is 15.6. The third-order valence-corrected chi connectivity index (χ3v) is 5.53. The summed E-state index contributed by atoms with van der Waals surface area (Å²) in [5, 5.41) is 4.89. The molecule has 128 valence electrons. The second-order valence-electron chi connectivity index (χ2n) is 5.43. The van der Waals surface area contributed by atoms with Gasteiger partial charge in [0.25, 0.3) is 0 Å². The van der Waals surface area contributed by atoms with E-state index in [1.807, 2.05) is 23.6 Å². The third kappa shape index (κ3) is 4.84. The number of hydrogen-bond donors (Lipinski definition) is 1. The van der Waals surface area contributed by atoms with Gasteiger partial charge in [-0.3, -0.25) is 4.79 Å². The van der Waals surface area contributed by atoms with E-state index in [4.69, 9.17) is 4.74 Å². The first-order valence-corrected chi connectivity index (χ1v) is 9.60.